The lowest BCUT2D eigenvalue weighted by Crippen LogP contribution is -2.16. The summed E-state index contributed by atoms with van der Waals surface area (Å²) in [6, 6.07) is 8.87. The highest BCUT2D eigenvalue weighted by atomic mass is 16.5. The summed E-state index contributed by atoms with van der Waals surface area (Å²) in [5, 5.41) is 0. The van der Waals surface area contributed by atoms with Crippen molar-refractivity contribution in [3.8, 4) is 0 Å². The predicted octanol–water partition coefficient (Wildman–Crippen LogP) is 4.72. The van der Waals surface area contributed by atoms with Crippen LogP contribution in [0.3, 0.4) is 0 Å². The minimum Gasteiger partial charge on any atom is -0.462 e. The van der Waals surface area contributed by atoms with Crippen molar-refractivity contribution in [3.63, 3.8) is 0 Å². The van der Waals surface area contributed by atoms with Gasteiger partial charge in [-0.2, -0.15) is 0 Å². The van der Waals surface area contributed by atoms with Gasteiger partial charge < -0.3 is 4.74 Å². The number of esters is 1. The smallest absolute Gasteiger partial charge is 0.341 e. The Labute approximate surface area is 133 Å². The Morgan fingerprint density at radius 3 is 2.32 bits per heavy atom. The van der Waals surface area contributed by atoms with Gasteiger partial charge in [-0.1, -0.05) is 69.0 Å². The summed E-state index contributed by atoms with van der Waals surface area (Å²) in [6.45, 7) is 4.19. The fraction of sp³-hybridized carbons (Fsp3) is 0.474. The number of Topliss-reactive ketones (excluding diaryl/α,β-unsaturated/α-hetero) is 1. The average molecular weight is 302 g/mol. The van der Waals surface area contributed by atoms with Crippen molar-refractivity contribution in [2.24, 2.45) is 0 Å². The minimum atomic E-state index is -0.523. The van der Waals surface area contributed by atoms with E-state index in [-0.39, 0.29) is 18.0 Å². The van der Waals surface area contributed by atoms with Gasteiger partial charge in [0.25, 0.3) is 0 Å². The van der Waals surface area contributed by atoms with E-state index in [9.17, 15) is 9.59 Å². The first-order valence-corrected chi connectivity index (χ1v) is 8.17. The van der Waals surface area contributed by atoms with Gasteiger partial charge in [0.15, 0.2) is 5.78 Å². The average Bonchev–Trinajstić information content (AvgIpc) is 2.54. The number of rotatable bonds is 10. The maximum atomic E-state index is 12.5. The molecule has 1 rings (SSSR count). The van der Waals surface area contributed by atoms with Gasteiger partial charge in [0.1, 0.15) is 5.57 Å². The number of hydrogen-bond donors (Lipinski definition) is 0. The third-order valence-electron chi connectivity index (χ3n) is 3.43. The van der Waals surface area contributed by atoms with E-state index < -0.39 is 5.97 Å². The van der Waals surface area contributed by atoms with Crippen molar-refractivity contribution in [1.82, 2.24) is 0 Å². The number of unbranched alkanes of at least 4 members (excludes halogenated alkanes) is 5. The molecule has 0 aliphatic heterocycles. The van der Waals surface area contributed by atoms with E-state index in [1.807, 2.05) is 6.07 Å². The lowest BCUT2D eigenvalue weighted by Gasteiger charge is -2.07. The molecule has 0 aliphatic rings. The molecule has 0 aliphatic carbocycles. The Kier molecular flexibility index (Phi) is 8.89. The van der Waals surface area contributed by atoms with Crippen LogP contribution in [0.15, 0.2) is 42.0 Å². The zero-order valence-electron chi connectivity index (χ0n) is 13.6. The van der Waals surface area contributed by atoms with Gasteiger partial charge in [-0.05, 0) is 19.8 Å². The molecule has 0 saturated heterocycles. The maximum Gasteiger partial charge on any atom is 0.341 e. The van der Waals surface area contributed by atoms with Crippen molar-refractivity contribution < 1.29 is 14.3 Å². The van der Waals surface area contributed by atoms with E-state index in [1.165, 1.54) is 19.3 Å². The summed E-state index contributed by atoms with van der Waals surface area (Å²) < 4.78 is 5.01. The van der Waals surface area contributed by atoms with Gasteiger partial charge in [-0.25, -0.2) is 4.79 Å². The third-order valence-corrected chi connectivity index (χ3v) is 3.43. The Hall–Kier alpha value is -1.90. The SMILES string of the molecule is CCCCCCC/C=C(\C(=O)OCC)C(=O)c1ccccc1. The van der Waals surface area contributed by atoms with Crippen LogP contribution < -0.4 is 0 Å². The Bertz CT molecular complexity index is 489. The number of allylic oxidation sites excluding steroid dienone is 1. The fourth-order valence-corrected chi connectivity index (χ4v) is 2.22. The molecule has 0 fully saturated rings. The first-order valence-electron chi connectivity index (χ1n) is 8.17. The maximum absolute atomic E-state index is 12.5. The largest absolute Gasteiger partial charge is 0.462 e. The number of benzene rings is 1. The number of carbonyl (C=O) groups is 2. The molecule has 3 nitrogen and oxygen atoms in total. The van der Waals surface area contributed by atoms with E-state index >= 15 is 0 Å². The Morgan fingerprint density at radius 1 is 1.00 bits per heavy atom. The molecular formula is C19H26O3. The lowest BCUT2D eigenvalue weighted by atomic mass is 10.0. The molecule has 0 saturated carbocycles. The van der Waals surface area contributed by atoms with Crippen LogP contribution in [-0.4, -0.2) is 18.4 Å². The Balaban J connectivity index is 2.71. The van der Waals surface area contributed by atoms with Crippen molar-refractivity contribution >= 4 is 11.8 Å². The van der Waals surface area contributed by atoms with Crippen LogP contribution in [0.4, 0.5) is 0 Å². The highest BCUT2D eigenvalue weighted by molar-refractivity contribution is 6.24. The first kappa shape index (κ1) is 18.1. The van der Waals surface area contributed by atoms with Gasteiger partial charge in [-0.3, -0.25) is 4.79 Å². The van der Waals surface area contributed by atoms with E-state index in [2.05, 4.69) is 6.92 Å². The normalized spacial score (nSPS) is 11.3. The molecule has 0 radical (unpaired) electrons. The molecule has 0 N–H and O–H groups in total. The second kappa shape index (κ2) is 10.8. The van der Waals surface area contributed by atoms with Gasteiger partial charge in [0.2, 0.25) is 0 Å². The van der Waals surface area contributed by atoms with Crippen LogP contribution >= 0.6 is 0 Å². The summed E-state index contributed by atoms with van der Waals surface area (Å²) in [6.07, 6.45) is 8.22. The van der Waals surface area contributed by atoms with Crippen LogP contribution in [0.25, 0.3) is 0 Å². The van der Waals surface area contributed by atoms with Crippen molar-refractivity contribution in [2.75, 3.05) is 6.61 Å². The van der Waals surface area contributed by atoms with Gasteiger partial charge in [0.05, 0.1) is 6.61 Å². The molecule has 0 heterocycles. The second-order valence-corrected chi connectivity index (χ2v) is 5.24. The highest BCUT2D eigenvalue weighted by Gasteiger charge is 2.20. The number of ether oxygens (including phenoxy) is 1. The molecule has 22 heavy (non-hydrogen) atoms. The quantitative estimate of drug-likeness (QED) is 0.157. The highest BCUT2D eigenvalue weighted by Crippen LogP contribution is 2.13. The zero-order chi connectivity index (χ0) is 16.2. The van der Waals surface area contributed by atoms with Crippen molar-refractivity contribution in [2.45, 2.75) is 52.4 Å². The zero-order valence-corrected chi connectivity index (χ0v) is 13.6. The monoisotopic (exact) mass is 302 g/mol. The molecule has 0 atom stereocenters. The van der Waals surface area contributed by atoms with Gasteiger partial charge in [-0.15, -0.1) is 0 Å². The van der Waals surface area contributed by atoms with E-state index in [0.717, 1.165) is 19.3 Å². The first-order chi connectivity index (χ1) is 10.7. The molecule has 0 aromatic heterocycles. The van der Waals surface area contributed by atoms with E-state index in [4.69, 9.17) is 4.74 Å². The standard InChI is InChI=1S/C19H26O3/c1-3-5-6-7-8-12-15-17(19(21)22-4-2)18(20)16-13-10-9-11-14-16/h9-11,13-15H,3-8,12H2,1-2H3/b17-15-. The summed E-state index contributed by atoms with van der Waals surface area (Å²) in [5.41, 5.74) is 0.677. The van der Waals surface area contributed by atoms with Crippen LogP contribution in [0.2, 0.25) is 0 Å². The van der Waals surface area contributed by atoms with E-state index in [1.54, 1.807) is 37.3 Å². The molecule has 0 unspecified atom stereocenters. The summed E-state index contributed by atoms with van der Waals surface area (Å²) in [7, 11) is 0. The fourth-order valence-electron chi connectivity index (χ4n) is 2.22. The summed E-state index contributed by atoms with van der Waals surface area (Å²) in [5.74, 6) is -0.780. The van der Waals surface area contributed by atoms with Gasteiger partial charge in [0, 0.05) is 5.56 Å². The van der Waals surface area contributed by atoms with Crippen LogP contribution in [0.5, 0.6) is 0 Å². The minimum absolute atomic E-state index is 0.156. The third kappa shape index (κ3) is 6.25. The Morgan fingerprint density at radius 2 is 1.68 bits per heavy atom. The van der Waals surface area contributed by atoms with Crippen LogP contribution in [0, 0.1) is 0 Å². The molecule has 0 spiro atoms. The van der Waals surface area contributed by atoms with Crippen LogP contribution in [0.1, 0.15) is 62.7 Å². The topological polar surface area (TPSA) is 43.4 Å². The molecular weight excluding hydrogens is 276 g/mol. The van der Waals surface area contributed by atoms with Crippen molar-refractivity contribution in [3.05, 3.63) is 47.5 Å². The number of carbonyl (C=O) groups excluding carboxylic acids is 2. The molecule has 1 aromatic rings. The van der Waals surface area contributed by atoms with Crippen LogP contribution in [-0.2, 0) is 9.53 Å². The predicted molar refractivity (Wildman–Crippen MR) is 88.9 cm³/mol. The molecule has 1 aromatic carbocycles. The molecule has 0 amide bonds. The second-order valence-electron chi connectivity index (χ2n) is 5.24. The molecule has 0 bridgehead atoms. The summed E-state index contributed by atoms with van der Waals surface area (Å²) in [4.78, 5) is 24.5. The molecule has 3 heteroatoms. The number of ketones is 1. The lowest BCUT2D eigenvalue weighted by molar-refractivity contribution is -0.138. The van der Waals surface area contributed by atoms with Gasteiger partial charge >= 0.3 is 5.97 Å². The molecule has 120 valence electrons. The van der Waals surface area contributed by atoms with E-state index in [0.29, 0.717) is 5.56 Å². The number of hydrogen-bond acceptors (Lipinski definition) is 3. The van der Waals surface area contributed by atoms with Crippen molar-refractivity contribution in [1.29, 1.82) is 0 Å². The summed E-state index contributed by atoms with van der Waals surface area (Å²) >= 11 is 0.